The molecule has 0 spiro atoms. The quantitative estimate of drug-likeness (QED) is 0.243. The normalized spacial score (nSPS) is 9.97. The molecular weight excluding hydrogens is 377 g/mol. The van der Waals surface area contributed by atoms with E-state index in [2.05, 4.69) is 4.84 Å². The Morgan fingerprint density at radius 2 is 1.72 bits per heavy atom. The Hall–Kier alpha value is -3.74. The van der Waals surface area contributed by atoms with E-state index in [1.807, 2.05) is 30.3 Å². The molecule has 0 aliphatic heterocycles. The number of carbonyl (C=O) groups is 1. The van der Waals surface area contributed by atoms with Crippen molar-refractivity contribution in [3.63, 3.8) is 0 Å². The van der Waals surface area contributed by atoms with Crippen LogP contribution in [0.4, 0.5) is 4.39 Å². The summed E-state index contributed by atoms with van der Waals surface area (Å²) in [4.78, 5) is 26.7. The number of esters is 1. The first-order valence-corrected chi connectivity index (χ1v) is 8.42. The van der Waals surface area contributed by atoms with E-state index in [0.717, 1.165) is 5.56 Å². The van der Waals surface area contributed by atoms with E-state index in [1.54, 1.807) is 30.3 Å². The van der Waals surface area contributed by atoms with Crippen molar-refractivity contribution < 1.29 is 23.8 Å². The zero-order chi connectivity index (χ0) is 19.9. The van der Waals surface area contributed by atoms with Crippen LogP contribution in [-0.4, -0.2) is 11.1 Å². The molecule has 29 heavy (non-hydrogen) atoms. The minimum atomic E-state index is -0.896. The molecule has 0 aliphatic carbocycles. The van der Waals surface area contributed by atoms with Gasteiger partial charge in [-0.3, -0.25) is 4.79 Å². The molecule has 0 fully saturated rings. The Morgan fingerprint density at radius 1 is 0.966 bits per heavy atom. The van der Waals surface area contributed by atoms with Gasteiger partial charge in [-0.2, -0.15) is 0 Å². The van der Waals surface area contributed by atoms with Crippen LogP contribution in [0.25, 0.3) is 11.1 Å². The molecule has 0 amide bonds. The van der Waals surface area contributed by atoms with Crippen molar-refractivity contribution in [2.45, 2.75) is 20.5 Å². The Labute approximate surface area is 167 Å². The van der Waals surface area contributed by atoms with Crippen molar-refractivity contribution >= 4 is 5.97 Å². The molecule has 0 aromatic heterocycles. The van der Waals surface area contributed by atoms with Crippen LogP contribution in [-0.2, 0) is 22.7 Å². The molecule has 0 heterocycles. The van der Waals surface area contributed by atoms with Crippen molar-refractivity contribution in [3.8, 4) is 16.9 Å². The van der Waals surface area contributed by atoms with Crippen LogP contribution in [0, 0.1) is 15.9 Å². The molecule has 0 saturated carbocycles. The van der Waals surface area contributed by atoms with E-state index < -0.39 is 16.9 Å². The van der Waals surface area contributed by atoms with Gasteiger partial charge in [0, 0.05) is 5.56 Å². The lowest BCUT2D eigenvalue weighted by Crippen LogP contribution is -2.11. The third-order valence-electron chi connectivity index (χ3n) is 3.93. The number of halogens is 1. The number of benzene rings is 3. The Balaban J connectivity index is 0.00000300. The van der Waals surface area contributed by atoms with Gasteiger partial charge in [0.2, 0.25) is 0 Å². The molecule has 7 heteroatoms. The van der Waals surface area contributed by atoms with E-state index in [-0.39, 0.29) is 26.2 Å². The second-order valence-electron chi connectivity index (χ2n) is 5.98. The van der Waals surface area contributed by atoms with Crippen molar-refractivity contribution in [2.24, 2.45) is 0 Å². The maximum absolute atomic E-state index is 14.4. The highest BCUT2D eigenvalue weighted by Gasteiger charge is 2.11. The lowest BCUT2D eigenvalue weighted by Gasteiger charge is -2.08. The minimum absolute atomic E-state index is 0. The Bertz CT molecular complexity index is 992. The minimum Gasteiger partial charge on any atom is -0.426 e. The first-order chi connectivity index (χ1) is 13.5. The zero-order valence-corrected chi connectivity index (χ0v) is 14.7. The topological polar surface area (TPSA) is 78.7 Å². The largest absolute Gasteiger partial charge is 0.426 e. The summed E-state index contributed by atoms with van der Waals surface area (Å²) in [6.07, 6.45) is -0.110. The molecule has 0 unspecified atom stereocenters. The summed E-state index contributed by atoms with van der Waals surface area (Å²) >= 11 is 0. The standard InChI is InChI=1S/C21H16FNO5.CH4/c22-20-12-15(9-10-19(20)17-6-2-1-3-7-17)13-21(24)28-18-8-4-5-16(11-18)14-27-23(25)26;/h1-12H,13-14H2;1H4. The highest BCUT2D eigenvalue weighted by molar-refractivity contribution is 5.75. The molecule has 0 atom stereocenters. The predicted octanol–water partition coefficient (Wildman–Crippen LogP) is 4.99. The van der Waals surface area contributed by atoms with Gasteiger partial charge in [-0.05, 0) is 34.9 Å². The monoisotopic (exact) mass is 397 g/mol. The summed E-state index contributed by atoms with van der Waals surface area (Å²) in [7, 11) is 0. The van der Waals surface area contributed by atoms with Gasteiger partial charge in [-0.25, -0.2) is 4.39 Å². The van der Waals surface area contributed by atoms with Gasteiger partial charge in [-0.15, -0.1) is 10.1 Å². The Morgan fingerprint density at radius 3 is 2.41 bits per heavy atom. The van der Waals surface area contributed by atoms with Crippen LogP contribution in [0.15, 0.2) is 72.8 Å². The highest BCUT2D eigenvalue weighted by atomic mass is 19.1. The maximum Gasteiger partial charge on any atom is 0.315 e. The van der Waals surface area contributed by atoms with Crippen molar-refractivity contribution in [1.82, 2.24) is 0 Å². The molecule has 6 nitrogen and oxygen atoms in total. The van der Waals surface area contributed by atoms with Gasteiger partial charge in [0.05, 0.1) is 6.42 Å². The fourth-order valence-electron chi connectivity index (χ4n) is 2.68. The van der Waals surface area contributed by atoms with E-state index >= 15 is 0 Å². The average molecular weight is 397 g/mol. The molecule has 3 rings (SSSR count). The molecular formula is C22H20FNO5. The lowest BCUT2D eigenvalue weighted by atomic mass is 10.0. The van der Waals surface area contributed by atoms with Gasteiger partial charge >= 0.3 is 5.97 Å². The molecule has 0 N–H and O–H groups in total. The second-order valence-corrected chi connectivity index (χ2v) is 5.98. The van der Waals surface area contributed by atoms with Gasteiger partial charge in [0.1, 0.15) is 18.2 Å². The lowest BCUT2D eigenvalue weighted by molar-refractivity contribution is -0.763. The van der Waals surface area contributed by atoms with E-state index in [9.17, 15) is 19.3 Å². The maximum atomic E-state index is 14.4. The summed E-state index contributed by atoms with van der Waals surface area (Å²) in [5.41, 5.74) is 2.18. The highest BCUT2D eigenvalue weighted by Crippen LogP contribution is 2.24. The van der Waals surface area contributed by atoms with Crippen molar-refractivity contribution in [2.75, 3.05) is 0 Å². The number of carbonyl (C=O) groups excluding carboxylic acids is 1. The van der Waals surface area contributed by atoms with Crippen LogP contribution >= 0.6 is 0 Å². The van der Waals surface area contributed by atoms with Crippen molar-refractivity contribution in [3.05, 3.63) is 99.9 Å². The fourth-order valence-corrected chi connectivity index (χ4v) is 2.68. The molecule has 150 valence electrons. The summed E-state index contributed by atoms with van der Waals surface area (Å²) in [5, 5.41) is 9.35. The summed E-state index contributed by atoms with van der Waals surface area (Å²) < 4.78 is 19.6. The average Bonchev–Trinajstić information content (AvgIpc) is 2.67. The second kappa shape index (κ2) is 9.98. The third-order valence-corrected chi connectivity index (χ3v) is 3.93. The van der Waals surface area contributed by atoms with E-state index in [4.69, 9.17) is 4.74 Å². The SMILES string of the molecule is C.O=C(Cc1ccc(-c2ccccc2)c(F)c1)Oc1cccc(CO[N+](=O)[O-])c1. The third kappa shape index (κ3) is 6.14. The van der Waals surface area contributed by atoms with Crippen LogP contribution in [0.1, 0.15) is 18.6 Å². The van der Waals surface area contributed by atoms with Crippen LogP contribution in [0.5, 0.6) is 5.75 Å². The van der Waals surface area contributed by atoms with Gasteiger partial charge in [-0.1, -0.05) is 62.0 Å². The van der Waals surface area contributed by atoms with Gasteiger partial charge in [0.15, 0.2) is 0 Å². The predicted molar refractivity (Wildman–Crippen MR) is 106 cm³/mol. The van der Waals surface area contributed by atoms with Crippen molar-refractivity contribution in [1.29, 1.82) is 0 Å². The molecule has 3 aromatic carbocycles. The molecule has 3 aromatic rings. The molecule has 0 radical (unpaired) electrons. The van der Waals surface area contributed by atoms with Gasteiger partial charge in [0.25, 0.3) is 5.09 Å². The molecule has 0 bridgehead atoms. The number of rotatable bonds is 7. The Kier molecular flexibility index (Phi) is 7.42. The summed E-state index contributed by atoms with van der Waals surface area (Å²) in [6, 6.07) is 20.0. The number of ether oxygens (including phenoxy) is 1. The first kappa shape index (κ1) is 21.6. The number of nitrogens with zero attached hydrogens (tertiary/aromatic N) is 1. The summed E-state index contributed by atoms with van der Waals surface area (Å²) in [6.45, 7) is -0.245. The smallest absolute Gasteiger partial charge is 0.315 e. The van der Waals surface area contributed by atoms with Crippen LogP contribution in [0.2, 0.25) is 0 Å². The summed E-state index contributed by atoms with van der Waals surface area (Å²) in [5.74, 6) is -0.759. The number of hydrogen-bond donors (Lipinski definition) is 0. The van der Waals surface area contributed by atoms with E-state index in [1.165, 1.54) is 12.1 Å². The van der Waals surface area contributed by atoms with Crippen LogP contribution in [0.3, 0.4) is 0 Å². The zero-order valence-electron chi connectivity index (χ0n) is 14.7. The fraction of sp³-hybridized carbons (Fsp3) is 0.136. The number of hydrogen-bond acceptors (Lipinski definition) is 5. The molecule has 0 aliphatic rings. The van der Waals surface area contributed by atoms with Crippen LogP contribution < -0.4 is 4.74 Å². The molecule has 0 saturated heterocycles. The van der Waals surface area contributed by atoms with Gasteiger partial charge < -0.3 is 9.57 Å². The van der Waals surface area contributed by atoms with E-state index in [0.29, 0.717) is 16.7 Å². The first-order valence-electron chi connectivity index (χ1n) is 8.42.